The van der Waals surface area contributed by atoms with Crippen LogP contribution in [-0.4, -0.2) is 4.98 Å². The molecule has 0 unspecified atom stereocenters. The third-order valence-corrected chi connectivity index (χ3v) is 1.91. The van der Waals surface area contributed by atoms with E-state index in [-0.39, 0.29) is 0 Å². The molecule has 0 amide bonds. The summed E-state index contributed by atoms with van der Waals surface area (Å²) in [5.41, 5.74) is 2.40. The molecule has 0 bridgehead atoms. The molecule has 0 aliphatic rings. The van der Waals surface area contributed by atoms with E-state index in [0.717, 1.165) is 11.3 Å². The highest BCUT2D eigenvalue weighted by molar-refractivity contribution is 5.62. The van der Waals surface area contributed by atoms with Crippen LogP contribution in [0.1, 0.15) is 5.89 Å². The maximum absolute atomic E-state index is 6.81. The number of rotatable bonds is 1. The third-order valence-electron chi connectivity index (χ3n) is 1.91. The fourth-order valence-electron chi connectivity index (χ4n) is 1.20. The van der Waals surface area contributed by atoms with E-state index in [0.29, 0.717) is 11.6 Å². The molecular weight excluding hydrogens is 176 g/mol. The SMILES string of the molecule is [C-]#[N+]c1ccc(-c2coc(C)n2)cc1. The average Bonchev–Trinajstić information content (AvgIpc) is 2.65. The Morgan fingerprint density at radius 3 is 2.50 bits per heavy atom. The first-order chi connectivity index (χ1) is 6.79. The number of aromatic nitrogens is 1. The largest absolute Gasteiger partial charge is 0.449 e. The molecule has 0 aliphatic heterocycles. The standard InChI is InChI=1S/C11H8N2O/c1-8-13-11(7-14-8)9-3-5-10(12-2)6-4-9/h3-7H,1H3. The highest BCUT2D eigenvalue weighted by atomic mass is 16.3. The molecule has 0 saturated carbocycles. The normalized spacial score (nSPS) is 9.71. The molecule has 3 nitrogen and oxygen atoms in total. The number of hydrogen-bond donors (Lipinski definition) is 0. The first-order valence-electron chi connectivity index (χ1n) is 4.19. The second-order valence-corrected chi connectivity index (χ2v) is 2.91. The number of aryl methyl sites for hydroxylation is 1. The summed E-state index contributed by atoms with van der Waals surface area (Å²) in [6, 6.07) is 7.27. The van der Waals surface area contributed by atoms with Crippen molar-refractivity contribution < 1.29 is 4.42 Å². The monoisotopic (exact) mass is 184 g/mol. The van der Waals surface area contributed by atoms with Gasteiger partial charge in [0.15, 0.2) is 11.6 Å². The summed E-state index contributed by atoms with van der Waals surface area (Å²) in [5.74, 6) is 0.647. The number of nitrogens with zero attached hydrogens (tertiary/aromatic N) is 2. The van der Waals surface area contributed by atoms with E-state index in [1.54, 1.807) is 25.3 Å². The second-order valence-electron chi connectivity index (χ2n) is 2.91. The molecular formula is C11H8N2O. The van der Waals surface area contributed by atoms with Crippen LogP contribution in [-0.2, 0) is 0 Å². The fraction of sp³-hybridized carbons (Fsp3) is 0.0909. The van der Waals surface area contributed by atoms with Crippen molar-refractivity contribution in [2.45, 2.75) is 6.92 Å². The summed E-state index contributed by atoms with van der Waals surface area (Å²) in [4.78, 5) is 7.51. The van der Waals surface area contributed by atoms with Gasteiger partial charge in [0.2, 0.25) is 0 Å². The van der Waals surface area contributed by atoms with Crippen LogP contribution in [0.2, 0.25) is 0 Å². The fourth-order valence-corrected chi connectivity index (χ4v) is 1.20. The van der Waals surface area contributed by atoms with Crippen LogP contribution in [0.15, 0.2) is 34.9 Å². The van der Waals surface area contributed by atoms with E-state index < -0.39 is 0 Å². The minimum atomic E-state index is 0.633. The van der Waals surface area contributed by atoms with Crippen molar-refractivity contribution >= 4 is 5.69 Å². The maximum Gasteiger partial charge on any atom is 0.191 e. The molecule has 0 radical (unpaired) electrons. The van der Waals surface area contributed by atoms with E-state index in [1.165, 1.54) is 0 Å². The van der Waals surface area contributed by atoms with Gasteiger partial charge in [-0.05, 0) is 0 Å². The van der Waals surface area contributed by atoms with Gasteiger partial charge in [0.25, 0.3) is 0 Å². The average molecular weight is 184 g/mol. The summed E-state index contributed by atoms with van der Waals surface area (Å²) in [6.45, 7) is 8.62. The number of oxazole rings is 1. The van der Waals surface area contributed by atoms with E-state index in [2.05, 4.69) is 9.83 Å². The summed E-state index contributed by atoms with van der Waals surface area (Å²) >= 11 is 0. The van der Waals surface area contributed by atoms with E-state index in [1.807, 2.05) is 12.1 Å². The number of hydrogen-bond acceptors (Lipinski definition) is 2. The van der Waals surface area contributed by atoms with Gasteiger partial charge in [0.1, 0.15) is 12.0 Å². The van der Waals surface area contributed by atoms with Crippen LogP contribution >= 0.6 is 0 Å². The highest BCUT2D eigenvalue weighted by Gasteiger charge is 2.02. The van der Waals surface area contributed by atoms with Crippen molar-refractivity contribution in [2.75, 3.05) is 0 Å². The first kappa shape index (κ1) is 8.52. The Kier molecular flexibility index (Phi) is 2.04. The summed E-state index contributed by atoms with van der Waals surface area (Å²) in [6.07, 6.45) is 1.61. The summed E-state index contributed by atoms with van der Waals surface area (Å²) < 4.78 is 5.10. The summed E-state index contributed by atoms with van der Waals surface area (Å²) in [7, 11) is 0. The second kappa shape index (κ2) is 3.35. The molecule has 0 N–H and O–H groups in total. The van der Waals surface area contributed by atoms with Gasteiger partial charge in [-0.3, -0.25) is 0 Å². The quantitative estimate of drug-likeness (QED) is 0.637. The molecule has 0 fully saturated rings. The van der Waals surface area contributed by atoms with Gasteiger partial charge >= 0.3 is 0 Å². The van der Waals surface area contributed by atoms with Crippen LogP contribution in [0.4, 0.5) is 5.69 Å². The zero-order valence-electron chi connectivity index (χ0n) is 7.69. The topological polar surface area (TPSA) is 30.4 Å². The maximum atomic E-state index is 6.81. The van der Waals surface area contributed by atoms with E-state index in [9.17, 15) is 0 Å². The Morgan fingerprint density at radius 2 is 2.00 bits per heavy atom. The van der Waals surface area contributed by atoms with E-state index >= 15 is 0 Å². The number of benzene rings is 1. The molecule has 1 heterocycles. The smallest absolute Gasteiger partial charge is 0.191 e. The Hall–Kier alpha value is -2.08. The Balaban J connectivity index is 2.39. The lowest BCUT2D eigenvalue weighted by Gasteiger charge is -1.94. The van der Waals surface area contributed by atoms with Gasteiger partial charge in [-0.25, -0.2) is 9.83 Å². The van der Waals surface area contributed by atoms with Crippen LogP contribution in [0, 0.1) is 13.5 Å². The molecule has 2 rings (SSSR count). The first-order valence-corrected chi connectivity index (χ1v) is 4.19. The van der Waals surface area contributed by atoms with Gasteiger partial charge < -0.3 is 4.42 Å². The minimum Gasteiger partial charge on any atom is -0.449 e. The van der Waals surface area contributed by atoms with Crippen LogP contribution < -0.4 is 0 Å². The van der Waals surface area contributed by atoms with Crippen molar-refractivity contribution in [3.63, 3.8) is 0 Å². The Bertz CT molecular complexity index is 477. The van der Waals surface area contributed by atoms with Gasteiger partial charge in [0, 0.05) is 12.5 Å². The molecule has 1 aromatic carbocycles. The third kappa shape index (κ3) is 1.50. The van der Waals surface area contributed by atoms with Gasteiger partial charge in [0.05, 0.1) is 6.57 Å². The van der Waals surface area contributed by atoms with Gasteiger partial charge in [-0.1, -0.05) is 24.3 Å². The highest BCUT2D eigenvalue weighted by Crippen LogP contribution is 2.21. The van der Waals surface area contributed by atoms with Crippen molar-refractivity contribution in [3.05, 3.63) is 47.8 Å². The van der Waals surface area contributed by atoms with Gasteiger partial charge in [-0.15, -0.1) is 0 Å². The van der Waals surface area contributed by atoms with Gasteiger partial charge in [-0.2, -0.15) is 0 Å². The van der Waals surface area contributed by atoms with Crippen molar-refractivity contribution in [2.24, 2.45) is 0 Å². The van der Waals surface area contributed by atoms with Crippen molar-refractivity contribution in [1.29, 1.82) is 0 Å². The molecule has 0 spiro atoms. The molecule has 2 aromatic rings. The molecule has 0 saturated heterocycles. The molecule has 1 aromatic heterocycles. The predicted octanol–water partition coefficient (Wildman–Crippen LogP) is 3.20. The Labute approximate surface area is 81.8 Å². The minimum absolute atomic E-state index is 0.633. The summed E-state index contributed by atoms with van der Waals surface area (Å²) in [5, 5.41) is 0. The van der Waals surface area contributed by atoms with Crippen molar-refractivity contribution in [1.82, 2.24) is 4.98 Å². The van der Waals surface area contributed by atoms with Crippen LogP contribution in [0.3, 0.4) is 0 Å². The van der Waals surface area contributed by atoms with Crippen LogP contribution in [0.5, 0.6) is 0 Å². The molecule has 0 atom stereocenters. The van der Waals surface area contributed by atoms with Crippen LogP contribution in [0.25, 0.3) is 16.1 Å². The lowest BCUT2D eigenvalue weighted by Crippen LogP contribution is -1.76. The lowest BCUT2D eigenvalue weighted by molar-refractivity contribution is 0.521. The molecule has 14 heavy (non-hydrogen) atoms. The molecule has 3 heteroatoms. The lowest BCUT2D eigenvalue weighted by atomic mass is 10.1. The Morgan fingerprint density at radius 1 is 1.29 bits per heavy atom. The zero-order valence-corrected chi connectivity index (χ0v) is 7.69. The molecule has 0 aliphatic carbocycles. The van der Waals surface area contributed by atoms with E-state index in [4.69, 9.17) is 11.0 Å². The zero-order chi connectivity index (χ0) is 9.97. The molecule has 68 valence electrons. The van der Waals surface area contributed by atoms with Crippen molar-refractivity contribution in [3.8, 4) is 11.3 Å². The predicted molar refractivity (Wildman–Crippen MR) is 52.9 cm³/mol.